The molecule has 3 heteroatoms. The van der Waals surface area contributed by atoms with E-state index in [1.54, 1.807) is 0 Å². The lowest BCUT2D eigenvalue weighted by Crippen LogP contribution is -2.10. The smallest absolute Gasteiger partial charge is 0.148 e. The maximum Gasteiger partial charge on any atom is 0.148 e. The van der Waals surface area contributed by atoms with Gasteiger partial charge in [0.1, 0.15) is 18.2 Å². The largest absolute Gasteiger partial charge is 0.485 e. The van der Waals surface area contributed by atoms with Crippen molar-refractivity contribution in [3.63, 3.8) is 0 Å². The van der Waals surface area contributed by atoms with Crippen LogP contribution in [0.3, 0.4) is 0 Å². The van der Waals surface area contributed by atoms with Crippen LogP contribution < -0.4 is 4.74 Å². The Morgan fingerprint density at radius 2 is 1.79 bits per heavy atom. The van der Waals surface area contributed by atoms with Gasteiger partial charge in [-0.2, -0.15) is 0 Å². The van der Waals surface area contributed by atoms with Crippen LogP contribution in [0.4, 0.5) is 0 Å². The Morgan fingerprint density at radius 3 is 2.50 bits per heavy atom. The molecule has 3 nitrogen and oxygen atoms in total. The molecule has 24 heavy (non-hydrogen) atoms. The van der Waals surface area contributed by atoms with Gasteiger partial charge in [-0.25, -0.2) is 4.98 Å². The minimum absolute atomic E-state index is 0.345. The Balaban J connectivity index is 1.94. The first-order valence-corrected chi connectivity index (χ1v) is 8.66. The molecule has 2 aromatic carbocycles. The van der Waals surface area contributed by atoms with Gasteiger partial charge in [-0.1, -0.05) is 38.1 Å². The molecule has 126 valence electrons. The molecule has 0 N–H and O–H groups in total. The summed E-state index contributed by atoms with van der Waals surface area (Å²) >= 11 is 0. The number of aryl methyl sites for hydroxylation is 1. The predicted molar refractivity (Wildman–Crippen MR) is 99.7 cm³/mol. The Morgan fingerprint density at radius 1 is 1.04 bits per heavy atom. The van der Waals surface area contributed by atoms with Crippen LogP contribution in [0.1, 0.15) is 56.6 Å². The number of ether oxygens (including phenoxy) is 1. The lowest BCUT2D eigenvalue weighted by Gasteiger charge is -2.17. The van der Waals surface area contributed by atoms with E-state index >= 15 is 0 Å². The molecular formula is C21H26N2O. The zero-order valence-corrected chi connectivity index (χ0v) is 15.2. The van der Waals surface area contributed by atoms with Crippen LogP contribution in [-0.4, -0.2) is 9.55 Å². The first kappa shape index (κ1) is 16.6. The van der Waals surface area contributed by atoms with Crippen molar-refractivity contribution in [1.82, 2.24) is 9.55 Å². The van der Waals surface area contributed by atoms with Crippen LogP contribution in [-0.2, 0) is 6.61 Å². The lowest BCUT2D eigenvalue weighted by atomic mass is 10.0. The molecule has 1 aromatic heterocycles. The second-order valence-electron chi connectivity index (χ2n) is 6.97. The summed E-state index contributed by atoms with van der Waals surface area (Å²) in [5.74, 6) is 2.37. The maximum absolute atomic E-state index is 6.20. The van der Waals surface area contributed by atoms with Crippen molar-refractivity contribution < 1.29 is 4.74 Å². The van der Waals surface area contributed by atoms with E-state index < -0.39 is 0 Å². The second-order valence-corrected chi connectivity index (χ2v) is 6.97. The van der Waals surface area contributed by atoms with Crippen LogP contribution in [0.5, 0.6) is 5.75 Å². The third kappa shape index (κ3) is 3.16. The van der Waals surface area contributed by atoms with Crippen LogP contribution >= 0.6 is 0 Å². The molecule has 0 radical (unpaired) electrons. The van der Waals surface area contributed by atoms with E-state index in [0.29, 0.717) is 18.6 Å². The standard InChI is InChI=1S/C21H26N2O/c1-14(2)17-11-10-16(5)12-20(17)24-13-21-22-18-8-6-7-9-19(18)23(21)15(3)4/h6-12,14-15H,13H2,1-5H3. The van der Waals surface area contributed by atoms with E-state index in [1.807, 2.05) is 6.07 Å². The summed E-state index contributed by atoms with van der Waals surface area (Å²) in [4.78, 5) is 4.78. The number of rotatable bonds is 5. The summed E-state index contributed by atoms with van der Waals surface area (Å²) < 4.78 is 8.47. The van der Waals surface area contributed by atoms with Gasteiger partial charge in [-0.05, 0) is 56.0 Å². The van der Waals surface area contributed by atoms with Gasteiger partial charge < -0.3 is 9.30 Å². The number of nitrogens with zero attached hydrogens (tertiary/aromatic N) is 2. The molecule has 0 spiro atoms. The highest BCUT2D eigenvalue weighted by Gasteiger charge is 2.15. The number of benzene rings is 2. The van der Waals surface area contributed by atoms with E-state index in [9.17, 15) is 0 Å². The summed E-state index contributed by atoms with van der Waals surface area (Å²) in [6.07, 6.45) is 0. The van der Waals surface area contributed by atoms with Gasteiger partial charge in [0.15, 0.2) is 0 Å². The van der Waals surface area contributed by atoms with Gasteiger partial charge in [-0.3, -0.25) is 0 Å². The van der Waals surface area contributed by atoms with E-state index in [4.69, 9.17) is 9.72 Å². The zero-order chi connectivity index (χ0) is 17.3. The van der Waals surface area contributed by atoms with Gasteiger partial charge >= 0.3 is 0 Å². The van der Waals surface area contributed by atoms with Gasteiger partial charge in [0.05, 0.1) is 11.0 Å². The Hall–Kier alpha value is -2.29. The fourth-order valence-electron chi connectivity index (χ4n) is 3.16. The van der Waals surface area contributed by atoms with Crippen molar-refractivity contribution in [3.8, 4) is 5.75 Å². The summed E-state index contributed by atoms with van der Waals surface area (Å²) in [5, 5.41) is 0. The summed E-state index contributed by atoms with van der Waals surface area (Å²) in [5.41, 5.74) is 4.65. The number of para-hydroxylation sites is 2. The second kappa shape index (κ2) is 6.68. The Bertz CT molecular complexity index is 846. The average molecular weight is 322 g/mol. The van der Waals surface area contributed by atoms with E-state index in [-0.39, 0.29) is 0 Å². The molecule has 0 aliphatic carbocycles. The molecule has 0 bridgehead atoms. The SMILES string of the molecule is Cc1ccc(C(C)C)c(OCc2nc3ccccc3n2C(C)C)c1. The topological polar surface area (TPSA) is 27.1 Å². The normalized spacial score (nSPS) is 11.6. The molecule has 0 aliphatic rings. The fourth-order valence-corrected chi connectivity index (χ4v) is 3.16. The molecule has 3 aromatic rings. The van der Waals surface area contributed by atoms with Crippen LogP contribution in [0.2, 0.25) is 0 Å². The number of hydrogen-bond acceptors (Lipinski definition) is 2. The van der Waals surface area contributed by atoms with Crippen molar-refractivity contribution >= 4 is 11.0 Å². The van der Waals surface area contributed by atoms with E-state index in [0.717, 1.165) is 17.1 Å². The molecule has 0 saturated carbocycles. The highest BCUT2D eigenvalue weighted by molar-refractivity contribution is 5.76. The Kier molecular flexibility index (Phi) is 4.61. The molecule has 0 atom stereocenters. The van der Waals surface area contributed by atoms with Crippen molar-refractivity contribution in [2.45, 2.75) is 53.2 Å². The minimum atomic E-state index is 0.345. The number of hydrogen-bond donors (Lipinski definition) is 0. The van der Waals surface area contributed by atoms with Gasteiger partial charge in [0.2, 0.25) is 0 Å². The third-order valence-corrected chi connectivity index (χ3v) is 4.33. The fraction of sp³-hybridized carbons (Fsp3) is 0.381. The Labute approximate surface area is 144 Å². The summed E-state index contributed by atoms with van der Waals surface area (Å²) in [6, 6.07) is 15.1. The molecule has 0 aliphatic heterocycles. The summed E-state index contributed by atoms with van der Waals surface area (Å²) in [7, 11) is 0. The van der Waals surface area contributed by atoms with Crippen molar-refractivity contribution in [2.24, 2.45) is 0 Å². The highest BCUT2D eigenvalue weighted by atomic mass is 16.5. The third-order valence-electron chi connectivity index (χ3n) is 4.33. The molecule has 3 rings (SSSR count). The minimum Gasteiger partial charge on any atom is -0.485 e. The lowest BCUT2D eigenvalue weighted by molar-refractivity contribution is 0.283. The average Bonchev–Trinajstić information content (AvgIpc) is 2.91. The highest BCUT2D eigenvalue weighted by Crippen LogP contribution is 2.29. The quantitative estimate of drug-likeness (QED) is 0.609. The van der Waals surface area contributed by atoms with E-state index in [2.05, 4.69) is 75.6 Å². The van der Waals surface area contributed by atoms with E-state index in [1.165, 1.54) is 16.6 Å². The number of fused-ring (bicyclic) bond motifs is 1. The zero-order valence-electron chi connectivity index (χ0n) is 15.2. The predicted octanol–water partition coefficient (Wildman–Crippen LogP) is 5.63. The molecule has 0 fully saturated rings. The maximum atomic E-state index is 6.20. The summed E-state index contributed by atoms with van der Waals surface area (Å²) in [6.45, 7) is 11.3. The molecule has 0 amide bonds. The van der Waals surface area contributed by atoms with Gasteiger partial charge in [0.25, 0.3) is 0 Å². The van der Waals surface area contributed by atoms with Crippen molar-refractivity contribution in [2.75, 3.05) is 0 Å². The number of imidazole rings is 1. The molecule has 0 unspecified atom stereocenters. The van der Waals surface area contributed by atoms with Gasteiger partial charge in [0, 0.05) is 6.04 Å². The molecular weight excluding hydrogens is 296 g/mol. The molecule has 0 saturated heterocycles. The monoisotopic (exact) mass is 322 g/mol. The first-order chi connectivity index (χ1) is 11.5. The van der Waals surface area contributed by atoms with Crippen LogP contribution in [0, 0.1) is 6.92 Å². The number of aromatic nitrogens is 2. The first-order valence-electron chi connectivity index (χ1n) is 8.66. The van der Waals surface area contributed by atoms with Crippen molar-refractivity contribution in [1.29, 1.82) is 0 Å². The molecule has 1 heterocycles. The van der Waals surface area contributed by atoms with Gasteiger partial charge in [-0.15, -0.1) is 0 Å². The van der Waals surface area contributed by atoms with Crippen molar-refractivity contribution in [3.05, 3.63) is 59.4 Å². The van der Waals surface area contributed by atoms with Crippen LogP contribution in [0.25, 0.3) is 11.0 Å². The van der Waals surface area contributed by atoms with Crippen LogP contribution in [0.15, 0.2) is 42.5 Å².